The number of Topliss-reactive ketones (excluding diaryl/α,β-unsaturated/α-hetero) is 1. The largest absolute Gasteiger partial charge is 0.362 e. The maximum absolute atomic E-state index is 11.5. The van der Waals surface area contributed by atoms with Crippen LogP contribution in [-0.4, -0.2) is 18.9 Å². The molecule has 1 aliphatic heterocycles. The summed E-state index contributed by atoms with van der Waals surface area (Å²) in [4.78, 5) is 13.4. The Labute approximate surface area is 99.2 Å². The Bertz CT molecular complexity index is 478. The molecule has 1 atom stereocenters. The first-order chi connectivity index (χ1) is 7.63. The van der Waals surface area contributed by atoms with E-state index in [0.29, 0.717) is 18.1 Å². The standard InChI is InChI=1S/C12H11ClN2O/c1-8-10(13)3-2-4-11(8)15-6-9(5-14)12(16)7-15/h2-4,9H,6-7H2,1H3/t9-/m1/s1. The molecule has 2 rings (SSSR count). The molecule has 1 saturated heterocycles. The minimum Gasteiger partial charge on any atom is -0.362 e. The molecule has 1 aromatic carbocycles. The SMILES string of the molecule is Cc1c(Cl)cccc1N1CC(=O)[C@H](C#N)C1. The van der Waals surface area contributed by atoms with Crippen LogP contribution in [-0.2, 0) is 4.79 Å². The van der Waals surface area contributed by atoms with Gasteiger partial charge in [-0.25, -0.2) is 0 Å². The van der Waals surface area contributed by atoms with Gasteiger partial charge in [-0.05, 0) is 24.6 Å². The van der Waals surface area contributed by atoms with E-state index in [9.17, 15) is 4.79 Å². The van der Waals surface area contributed by atoms with Crippen molar-refractivity contribution in [2.24, 2.45) is 5.92 Å². The van der Waals surface area contributed by atoms with Crippen LogP contribution in [0.1, 0.15) is 5.56 Å². The summed E-state index contributed by atoms with van der Waals surface area (Å²) in [6.07, 6.45) is 0. The van der Waals surface area contributed by atoms with E-state index >= 15 is 0 Å². The number of nitrogens with zero attached hydrogens (tertiary/aromatic N) is 2. The van der Waals surface area contributed by atoms with E-state index in [1.165, 1.54) is 0 Å². The van der Waals surface area contributed by atoms with Gasteiger partial charge in [-0.3, -0.25) is 4.79 Å². The summed E-state index contributed by atoms with van der Waals surface area (Å²) in [7, 11) is 0. The van der Waals surface area contributed by atoms with Crippen LogP contribution in [0.25, 0.3) is 0 Å². The lowest BCUT2D eigenvalue weighted by Crippen LogP contribution is -2.20. The van der Waals surface area contributed by atoms with Crippen molar-refractivity contribution in [3.05, 3.63) is 28.8 Å². The smallest absolute Gasteiger partial charge is 0.170 e. The Hall–Kier alpha value is -1.53. The lowest BCUT2D eigenvalue weighted by atomic mass is 10.1. The van der Waals surface area contributed by atoms with Gasteiger partial charge < -0.3 is 4.90 Å². The lowest BCUT2D eigenvalue weighted by Gasteiger charge is -2.19. The molecule has 1 heterocycles. The summed E-state index contributed by atoms with van der Waals surface area (Å²) < 4.78 is 0. The van der Waals surface area contributed by atoms with Crippen molar-refractivity contribution in [2.75, 3.05) is 18.0 Å². The highest BCUT2D eigenvalue weighted by atomic mass is 35.5. The maximum atomic E-state index is 11.5. The van der Waals surface area contributed by atoms with Gasteiger partial charge in [0.25, 0.3) is 0 Å². The second-order valence-corrected chi connectivity index (χ2v) is 4.32. The van der Waals surface area contributed by atoms with Gasteiger partial charge in [0.1, 0.15) is 5.92 Å². The molecule has 0 N–H and O–H groups in total. The number of carbonyl (C=O) groups is 1. The van der Waals surface area contributed by atoms with E-state index in [4.69, 9.17) is 16.9 Å². The van der Waals surface area contributed by atoms with E-state index in [-0.39, 0.29) is 5.78 Å². The molecule has 0 aromatic heterocycles. The van der Waals surface area contributed by atoms with E-state index < -0.39 is 5.92 Å². The average molecular weight is 235 g/mol. The topological polar surface area (TPSA) is 44.1 Å². The molecule has 82 valence electrons. The maximum Gasteiger partial charge on any atom is 0.170 e. The van der Waals surface area contributed by atoms with Crippen molar-refractivity contribution in [1.29, 1.82) is 5.26 Å². The molecular formula is C12H11ClN2O. The van der Waals surface area contributed by atoms with Gasteiger partial charge in [0, 0.05) is 17.3 Å². The summed E-state index contributed by atoms with van der Waals surface area (Å²) in [6, 6.07) is 7.62. The summed E-state index contributed by atoms with van der Waals surface area (Å²) in [6.45, 7) is 2.69. The number of anilines is 1. The van der Waals surface area contributed by atoms with E-state index in [1.54, 1.807) is 0 Å². The number of nitriles is 1. The second kappa shape index (κ2) is 4.15. The quantitative estimate of drug-likeness (QED) is 0.748. The van der Waals surface area contributed by atoms with Crippen molar-refractivity contribution >= 4 is 23.1 Å². The molecule has 0 radical (unpaired) electrons. The van der Waals surface area contributed by atoms with Crippen LogP contribution in [0.15, 0.2) is 18.2 Å². The van der Waals surface area contributed by atoms with Gasteiger partial charge >= 0.3 is 0 Å². The molecule has 0 bridgehead atoms. The Morgan fingerprint density at radius 3 is 2.94 bits per heavy atom. The molecule has 16 heavy (non-hydrogen) atoms. The van der Waals surface area contributed by atoms with Crippen LogP contribution < -0.4 is 4.90 Å². The fourth-order valence-electron chi connectivity index (χ4n) is 1.92. The Kier molecular flexibility index (Phi) is 2.84. The van der Waals surface area contributed by atoms with Gasteiger partial charge in [-0.2, -0.15) is 5.26 Å². The molecule has 4 heteroatoms. The molecule has 1 fully saturated rings. The predicted octanol–water partition coefficient (Wildman–Crippen LogP) is 2.18. The van der Waals surface area contributed by atoms with Gasteiger partial charge in [0.2, 0.25) is 0 Å². The highest BCUT2D eigenvalue weighted by Crippen LogP contribution is 2.29. The third kappa shape index (κ3) is 1.77. The molecule has 0 amide bonds. The van der Waals surface area contributed by atoms with Gasteiger partial charge in [0.05, 0.1) is 12.6 Å². The van der Waals surface area contributed by atoms with Gasteiger partial charge in [0.15, 0.2) is 5.78 Å². The van der Waals surface area contributed by atoms with Gasteiger partial charge in [-0.15, -0.1) is 0 Å². The summed E-state index contributed by atoms with van der Waals surface area (Å²) in [5.41, 5.74) is 1.90. The lowest BCUT2D eigenvalue weighted by molar-refractivity contribution is -0.118. The van der Waals surface area contributed by atoms with Crippen molar-refractivity contribution in [3.63, 3.8) is 0 Å². The molecular weight excluding hydrogens is 224 g/mol. The molecule has 0 aliphatic carbocycles. The number of benzene rings is 1. The zero-order valence-electron chi connectivity index (χ0n) is 8.90. The average Bonchev–Trinajstić information content (AvgIpc) is 2.63. The first kappa shape index (κ1) is 11.0. The van der Waals surface area contributed by atoms with Crippen LogP contribution in [0, 0.1) is 24.2 Å². The third-order valence-electron chi connectivity index (χ3n) is 2.87. The summed E-state index contributed by atoms with van der Waals surface area (Å²) >= 11 is 6.02. The number of halogens is 1. The van der Waals surface area contributed by atoms with Gasteiger partial charge in [-0.1, -0.05) is 17.7 Å². The van der Waals surface area contributed by atoms with Crippen molar-refractivity contribution < 1.29 is 4.79 Å². The zero-order valence-corrected chi connectivity index (χ0v) is 9.66. The highest BCUT2D eigenvalue weighted by molar-refractivity contribution is 6.31. The first-order valence-corrected chi connectivity index (χ1v) is 5.43. The number of hydrogen-bond acceptors (Lipinski definition) is 3. The van der Waals surface area contributed by atoms with Crippen LogP contribution >= 0.6 is 11.6 Å². The molecule has 1 aromatic rings. The molecule has 0 unspecified atom stereocenters. The Morgan fingerprint density at radius 2 is 2.31 bits per heavy atom. The van der Waals surface area contributed by atoms with E-state index in [2.05, 4.69) is 0 Å². The Morgan fingerprint density at radius 1 is 1.56 bits per heavy atom. The summed E-state index contributed by atoms with van der Waals surface area (Å²) in [5, 5.41) is 9.49. The van der Waals surface area contributed by atoms with Crippen LogP contribution in [0.5, 0.6) is 0 Å². The molecule has 0 saturated carbocycles. The minimum atomic E-state index is -0.501. The molecule has 0 spiro atoms. The van der Waals surface area contributed by atoms with Crippen molar-refractivity contribution in [3.8, 4) is 6.07 Å². The van der Waals surface area contributed by atoms with E-state index in [1.807, 2.05) is 36.1 Å². The monoisotopic (exact) mass is 234 g/mol. The van der Waals surface area contributed by atoms with Crippen LogP contribution in [0.3, 0.4) is 0 Å². The fourth-order valence-corrected chi connectivity index (χ4v) is 2.09. The molecule has 3 nitrogen and oxygen atoms in total. The normalized spacial score (nSPS) is 19.9. The number of hydrogen-bond donors (Lipinski definition) is 0. The Balaban J connectivity index is 2.31. The minimum absolute atomic E-state index is 0.0122. The third-order valence-corrected chi connectivity index (χ3v) is 3.28. The van der Waals surface area contributed by atoms with E-state index in [0.717, 1.165) is 11.3 Å². The summed E-state index contributed by atoms with van der Waals surface area (Å²) in [5.74, 6) is -0.514. The fraction of sp³-hybridized carbons (Fsp3) is 0.333. The zero-order chi connectivity index (χ0) is 11.7. The highest BCUT2D eigenvalue weighted by Gasteiger charge is 2.31. The van der Waals surface area contributed by atoms with Crippen molar-refractivity contribution in [2.45, 2.75) is 6.92 Å². The first-order valence-electron chi connectivity index (χ1n) is 5.06. The second-order valence-electron chi connectivity index (χ2n) is 3.91. The number of rotatable bonds is 1. The predicted molar refractivity (Wildman–Crippen MR) is 62.5 cm³/mol. The molecule has 1 aliphatic rings. The number of ketones is 1. The van der Waals surface area contributed by atoms with Crippen LogP contribution in [0.4, 0.5) is 5.69 Å². The number of carbonyl (C=O) groups excluding carboxylic acids is 1. The van der Waals surface area contributed by atoms with Crippen molar-refractivity contribution in [1.82, 2.24) is 0 Å². The van der Waals surface area contributed by atoms with Crippen LogP contribution in [0.2, 0.25) is 5.02 Å².